The molecule has 134 valence electrons. The Morgan fingerprint density at radius 3 is 2.68 bits per heavy atom. The van der Waals surface area contributed by atoms with Gasteiger partial charge in [0.25, 0.3) is 5.91 Å². The molecule has 1 aliphatic heterocycles. The number of aromatic amines is 1. The highest BCUT2D eigenvalue weighted by Gasteiger charge is 2.25. The summed E-state index contributed by atoms with van der Waals surface area (Å²) in [6.45, 7) is 7.41. The molecule has 0 aliphatic carbocycles. The third-order valence-electron chi connectivity index (χ3n) is 4.80. The maximum absolute atomic E-state index is 12.7. The van der Waals surface area contributed by atoms with Gasteiger partial charge in [0.1, 0.15) is 5.69 Å². The fourth-order valence-electron chi connectivity index (χ4n) is 3.35. The van der Waals surface area contributed by atoms with Crippen molar-refractivity contribution in [1.82, 2.24) is 15.2 Å². The Kier molecular flexibility index (Phi) is 4.97. The molecule has 2 N–H and O–H groups in total. The first kappa shape index (κ1) is 17.3. The van der Waals surface area contributed by atoms with E-state index in [1.165, 1.54) is 5.56 Å². The SMILES string of the molecule is CCOC(=O)N1CCC(NC(=O)c2[nH]c3ccc(C)cc3c2C)CC1. The minimum Gasteiger partial charge on any atom is -0.450 e. The van der Waals surface area contributed by atoms with Gasteiger partial charge in [0.15, 0.2) is 0 Å². The smallest absolute Gasteiger partial charge is 0.409 e. The van der Waals surface area contributed by atoms with Gasteiger partial charge in [0, 0.05) is 30.0 Å². The number of hydrogen-bond donors (Lipinski definition) is 2. The molecule has 1 aromatic heterocycles. The van der Waals surface area contributed by atoms with Crippen LogP contribution >= 0.6 is 0 Å². The van der Waals surface area contributed by atoms with Crippen molar-refractivity contribution in [3.05, 3.63) is 35.0 Å². The molecule has 0 spiro atoms. The number of fused-ring (bicyclic) bond motifs is 1. The number of aromatic nitrogens is 1. The van der Waals surface area contributed by atoms with Gasteiger partial charge in [0.2, 0.25) is 0 Å². The molecule has 2 heterocycles. The van der Waals surface area contributed by atoms with E-state index in [2.05, 4.69) is 16.4 Å². The summed E-state index contributed by atoms with van der Waals surface area (Å²) in [7, 11) is 0. The van der Waals surface area contributed by atoms with Crippen LogP contribution in [0.25, 0.3) is 10.9 Å². The van der Waals surface area contributed by atoms with E-state index in [-0.39, 0.29) is 18.0 Å². The number of amides is 2. The minimum absolute atomic E-state index is 0.0747. The summed E-state index contributed by atoms with van der Waals surface area (Å²) < 4.78 is 5.02. The first-order chi connectivity index (χ1) is 12.0. The highest BCUT2D eigenvalue weighted by molar-refractivity contribution is 6.01. The Morgan fingerprint density at radius 2 is 2.00 bits per heavy atom. The molecule has 25 heavy (non-hydrogen) atoms. The van der Waals surface area contributed by atoms with Crippen molar-refractivity contribution < 1.29 is 14.3 Å². The predicted molar refractivity (Wildman–Crippen MR) is 96.9 cm³/mol. The predicted octanol–water partition coefficient (Wildman–Crippen LogP) is 3.14. The Labute approximate surface area is 147 Å². The normalized spacial score (nSPS) is 15.4. The van der Waals surface area contributed by atoms with Crippen LogP contribution in [0.2, 0.25) is 0 Å². The fourth-order valence-corrected chi connectivity index (χ4v) is 3.35. The zero-order valence-corrected chi connectivity index (χ0v) is 15.0. The van der Waals surface area contributed by atoms with Gasteiger partial charge >= 0.3 is 6.09 Å². The van der Waals surface area contributed by atoms with Gasteiger partial charge in [-0.25, -0.2) is 4.79 Å². The monoisotopic (exact) mass is 343 g/mol. The van der Waals surface area contributed by atoms with Gasteiger partial charge in [-0.05, 0) is 51.3 Å². The number of piperidine rings is 1. The quantitative estimate of drug-likeness (QED) is 0.899. The molecular formula is C19H25N3O3. The molecule has 3 rings (SSSR count). The molecule has 1 aromatic carbocycles. The van der Waals surface area contributed by atoms with E-state index in [4.69, 9.17) is 4.74 Å². The van der Waals surface area contributed by atoms with Crippen LogP contribution in [-0.4, -0.2) is 47.6 Å². The van der Waals surface area contributed by atoms with Crippen LogP contribution in [0.4, 0.5) is 4.79 Å². The van der Waals surface area contributed by atoms with E-state index in [1.807, 2.05) is 26.0 Å². The molecule has 0 bridgehead atoms. The molecule has 1 fully saturated rings. The number of carbonyl (C=O) groups excluding carboxylic acids is 2. The maximum atomic E-state index is 12.7. The van der Waals surface area contributed by atoms with Crippen LogP contribution in [0.15, 0.2) is 18.2 Å². The topological polar surface area (TPSA) is 74.4 Å². The number of nitrogens with one attached hydrogen (secondary N) is 2. The number of likely N-dealkylation sites (tertiary alicyclic amines) is 1. The number of nitrogens with zero attached hydrogens (tertiary/aromatic N) is 1. The fraction of sp³-hybridized carbons (Fsp3) is 0.474. The molecule has 1 saturated heterocycles. The van der Waals surface area contributed by atoms with Gasteiger partial charge in [0.05, 0.1) is 6.61 Å². The zero-order valence-electron chi connectivity index (χ0n) is 15.0. The zero-order chi connectivity index (χ0) is 18.0. The van der Waals surface area contributed by atoms with Crippen molar-refractivity contribution in [2.75, 3.05) is 19.7 Å². The number of hydrogen-bond acceptors (Lipinski definition) is 3. The number of aryl methyl sites for hydroxylation is 2. The number of benzene rings is 1. The summed E-state index contributed by atoms with van der Waals surface area (Å²) in [6, 6.07) is 6.21. The first-order valence-electron chi connectivity index (χ1n) is 8.81. The van der Waals surface area contributed by atoms with Gasteiger partial charge in [-0.15, -0.1) is 0 Å². The van der Waals surface area contributed by atoms with Crippen LogP contribution in [-0.2, 0) is 4.74 Å². The lowest BCUT2D eigenvalue weighted by atomic mass is 10.0. The van der Waals surface area contributed by atoms with Crippen LogP contribution in [0, 0.1) is 13.8 Å². The van der Waals surface area contributed by atoms with Crippen molar-refractivity contribution in [3.63, 3.8) is 0 Å². The van der Waals surface area contributed by atoms with E-state index in [0.717, 1.165) is 29.3 Å². The Hall–Kier alpha value is -2.50. The molecule has 1 aliphatic rings. The largest absolute Gasteiger partial charge is 0.450 e. The molecule has 2 amide bonds. The summed E-state index contributed by atoms with van der Waals surface area (Å²) in [4.78, 5) is 29.3. The van der Waals surface area contributed by atoms with Gasteiger partial charge in [-0.2, -0.15) is 0 Å². The van der Waals surface area contributed by atoms with Crippen molar-refractivity contribution in [1.29, 1.82) is 0 Å². The van der Waals surface area contributed by atoms with E-state index < -0.39 is 0 Å². The number of ether oxygens (including phenoxy) is 1. The highest BCUT2D eigenvalue weighted by Crippen LogP contribution is 2.23. The molecular weight excluding hydrogens is 318 g/mol. The first-order valence-corrected chi connectivity index (χ1v) is 8.81. The van der Waals surface area contributed by atoms with Crippen molar-refractivity contribution in [2.45, 2.75) is 39.7 Å². The standard InChI is InChI=1S/C19H25N3O3/c1-4-25-19(24)22-9-7-14(8-10-22)20-18(23)17-13(3)15-11-12(2)5-6-16(15)21-17/h5-6,11,14,21H,4,7-10H2,1-3H3,(H,20,23). The average Bonchev–Trinajstić information content (AvgIpc) is 2.92. The summed E-state index contributed by atoms with van der Waals surface area (Å²) in [5, 5.41) is 4.18. The lowest BCUT2D eigenvalue weighted by Crippen LogP contribution is -2.46. The molecule has 0 unspecified atom stereocenters. The van der Waals surface area contributed by atoms with Gasteiger partial charge in [-0.3, -0.25) is 4.79 Å². The highest BCUT2D eigenvalue weighted by atomic mass is 16.6. The number of rotatable bonds is 3. The van der Waals surface area contributed by atoms with Gasteiger partial charge in [-0.1, -0.05) is 11.6 Å². The van der Waals surface area contributed by atoms with Crippen LogP contribution < -0.4 is 5.32 Å². The van der Waals surface area contributed by atoms with Crippen molar-refractivity contribution in [2.24, 2.45) is 0 Å². The molecule has 0 saturated carbocycles. The van der Waals surface area contributed by atoms with E-state index >= 15 is 0 Å². The number of carbonyl (C=O) groups is 2. The van der Waals surface area contributed by atoms with Gasteiger partial charge < -0.3 is 19.9 Å². The van der Waals surface area contributed by atoms with Crippen LogP contribution in [0.5, 0.6) is 0 Å². The summed E-state index contributed by atoms with van der Waals surface area (Å²) in [5.74, 6) is -0.0825. The lowest BCUT2D eigenvalue weighted by molar-refractivity contribution is 0.0857. The maximum Gasteiger partial charge on any atom is 0.409 e. The Morgan fingerprint density at radius 1 is 1.28 bits per heavy atom. The molecule has 0 radical (unpaired) electrons. The van der Waals surface area contributed by atoms with E-state index in [1.54, 1.807) is 11.8 Å². The lowest BCUT2D eigenvalue weighted by Gasteiger charge is -2.31. The summed E-state index contributed by atoms with van der Waals surface area (Å²) in [5.41, 5.74) is 3.74. The van der Waals surface area contributed by atoms with Crippen molar-refractivity contribution >= 4 is 22.9 Å². The third-order valence-corrected chi connectivity index (χ3v) is 4.80. The third kappa shape index (κ3) is 3.62. The second kappa shape index (κ2) is 7.17. The Bertz CT molecular complexity index is 789. The van der Waals surface area contributed by atoms with Crippen molar-refractivity contribution in [3.8, 4) is 0 Å². The second-order valence-corrected chi connectivity index (χ2v) is 6.61. The van der Waals surface area contributed by atoms with E-state index in [9.17, 15) is 9.59 Å². The molecule has 2 aromatic rings. The molecule has 6 heteroatoms. The Balaban J connectivity index is 1.64. The van der Waals surface area contributed by atoms with Crippen LogP contribution in [0.1, 0.15) is 41.4 Å². The minimum atomic E-state index is -0.269. The molecule has 0 atom stereocenters. The van der Waals surface area contributed by atoms with Crippen LogP contribution in [0.3, 0.4) is 0 Å². The van der Waals surface area contributed by atoms with E-state index in [0.29, 0.717) is 25.4 Å². The average molecular weight is 343 g/mol. The number of H-pyrrole nitrogens is 1. The summed E-state index contributed by atoms with van der Waals surface area (Å²) in [6.07, 6.45) is 1.21. The summed E-state index contributed by atoms with van der Waals surface area (Å²) >= 11 is 0. The second-order valence-electron chi connectivity index (χ2n) is 6.61. The molecule has 6 nitrogen and oxygen atoms in total.